The fourth-order valence-electron chi connectivity index (χ4n) is 6.57. The molecule has 2 N–H and O–H groups in total. The zero-order valence-electron chi connectivity index (χ0n) is 25.3. The summed E-state index contributed by atoms with van der Waals surface area (Å²) < 4.78 is 7.66. The third kappa shape index (κ3) is 7.12. The minimum absolute atomic E-state index is 0.0245. The van der Waals surface area contributed by atoms with Crippen LogP contribution < -0.4 is 15.5 Å². The topological polar surface area (TPSA) is 110 Å². The van der Waals surface area contributed by atoms with Crippen LogP contribution in [0.4, 0.5) is 5.69 Å². The van der Waals surface area contributed by atoms with E-state index in [-0.39, 0.29) is 54.2 Å². The minimum Gasteiger partial charge on any atom is -0.469 e. The van der Waals surface area contributed by atoms with Crippen LogP contribution in [-0.4, -0.2) is 54.0 Å². The van der Waals surface area contributed by atoms with Gasteiger partial charge in [-0.25, -0.2) is 0 Å². The number of carbonyl (C=O) groups is 4. The summed E-state index contributed by atoms with van der Waals surface area (Å²) in [6.45, 7) is 4.56. The largest absolute Gasteiger partial charge is 0.469 e. The molecule has 2 aromatic heterocycles. The van der Waals surface area contributed by atoms with E-state index >= 15 is 0 Å². The van der Waals surface area contributed by atoms with Gasteiger partial charge in [0.05, 0.1) is 23.2 Å². The van der Waals surface area contributed by atoms with Gasteiger partial charge in [0, 0.05) is 30.2 Å². The van der Waals surface area contributed by atoms with Crippen LogP contribution in [0.2, 0.25) is 0 Å². The number of ether oxygens (including phenoxy) is 1. The first-order chi connectivity index (χ1) is 20.8. The van der Waals surface area contributed by atoms with Gasteiger partial charge in [-0.1, -0.05) is 12.1 Å². The van der Waals surface area contributed by atoms with E-state index in [4.69, 9.17) is 4.74 Å². The summed E-state index contributed by atoms with van der Waals surface area (Å²) >= 11 is 1.55. The van der Waals surface area contributed by atoms with Crippen molar-refractivity contribution in [3.63, 3.8) is 0 Å². The van der Waals surface area contributed by atoms with Gasteiger partial charge in [-0.05, 0) is 100 Å². The summed E-state index contributed by atoms with van der Waals surface area (Å²) in [5, 5.41) is 8.36. The number of likely N-dealkylation sites (N-methyl/N-ethyl adjacent to an activating group) is 1. The van der Waals surface area contributed by atoms with Crippen molar-refractivity contribution in [1.29, 1.82) is 0 Å². The molecule has 10 heteroatoms. The second-order valence-electron chi connectivity index (χ2n) is 11.9. The second-order valence-corrected chi connectivity index (χ2v) is 12.8. The molecule has 3 aromatic rings. The molecule has 3 amide bonds. The number of benzene rings is 1. The van der Waals surface area contributed by atoms with Crippen LogP contribution in [0.3, 0.4) is 0 Å². The number of carbonyl (C=O) groups excluding carboxylic acids is 4. The van der Waals surface area contributed by atoms with Crippen LogP contribution in [-0.2, 0) is 25.7 Å². The number of nitrogens with zero attached hydrogens (tertiary/aromatic N) is 2. The summed E-state index contributed by atoms with van der Waals surface area (Å²) in [5.41, 5.74) is 3.30. The number of esters is 1. The number of hydrogen-bond acceptors (Lipinski definition) is 6. The highest BCUT2D eigenvalue weighted by Gasteiger charge is 2.32. The van der Waals surface area contributed by atoms with E-state index in [1.165, 1.54) is 7.11 Å². The maximum atomic E-state index is 13.5. The van der Waals surface area contributed by atoms with Crippen molar-refractivity contribution in [1.82, 2.24) is 15.2 Å². The van der Waals surface area contributed by atoms with Gasteiger partial charge in [0.15, 0.2) is 0 Å². The van der Waals surface area contributed by atoms with Gasteiger partial charge in [-0.2, -0.15) is 0 Å². The number of aryl methyl sites for hydroxylation is 1. The molecule has 2 heterocycles. The Morgan fingerprint density at radius 2 is 1.60 bits per heavy atom. The molecule has 0 bridgehead atoms. The predicted molar refractivity (Wildman–Crippen MR) is 168 cm³/mol. The van der Waals surface area contributed by atoms with Crippen LogP contribution in [0.5, 0.6) is 0 Å². The molecule has 2 fully saturated rings. The third-order valence-corrected chi connectivity index (χ3v) is 9.87. The van der Waals surface area contributed by atoms with Crippen molar-refractivity contribution in [3.8, 4) is 0 Å². The maximum absolute atomic E-state index is 13.5. The van der Waals surface area contributed by atoms with Crippen molar-refractivity contribution in [3.05, 3.63) is 53.0 Å². The first-order valence-electron chi connectivity index (χ1n) is 15.4. The van der Waals surface area contributed by atoms with Crippen molar-refractivity contribution < 1.29 is 23.9 Å². The van der Waals surface area contributed by atoms with Crippen LogP contribution in [0.15, 0.2) is 41.8 Å². The molecule has 0 radical (unpaired) electrons. The van der Waals surface area contributed by atoms with Gasteiger partial charge in [0.25, 0.3) is 5.91 Å². The number of methoxy groups -OCH3 is 1. The quantitative estimate of drug-likeness (QED) is 0.326. The Morgan fingerprint density at radius 3 is 2.26 bits per heavy atom. The molecule has 1 aromatic carbocycles. The van der Waals surface area contributed by atoms with Gasteiger partial charge in [-0.15, -0.1) is 11.3 Å². The lowest BCUT2D eigenvalue weighted by Gasteiger charge is -2.32. The van der Waals surface area contributed by atoms with Crippen LogP contribution in [0.1, 0.15) is 74.3 Å². The Hall–Kier alpha value is -3.66. The molecule has 0 unspecified atom stereocenters. The lowest BCUT2D eigenvalue weighted by molar-refractivity contribution is -0.146. The number of aromatic nitrogens is 1. The Labute approximate surface area is 257 Å². The third-order valence-electron chi connectivity index (χ3n) is 9.02. The summed E-state index contributed by atoms with van der Waals surface area (Å²) in [7, 11) is 1.42. The summed E-state index contributed by atoms with van der Waals surface area (Å²) in [6, 6.07) is 11.8. The smallest absolute Gasteiger partial charge is 0.308 e. The van der Waals surface area contributed by atoms with E-state index in [9.17, 15) is 19.2 Å². The average molecular weight is 607 g/mol. The Bertz CT molecular complexity index is 1460. The van der Waals surface area contributed by atoms with Crippen molar-refractivity contribution in [2.45, 2.75) is 83.8 Å². The maximum Gasteiger partial charge on any atom is 0.308 e. The van der Waals surface area contributed by atoms with Crippen LogP contribution >= 0.6 is 11.3 Å². The molecule has 2 saturated carbocycles. The average Bonchev–Trinajstić information content (AvgIpc) is 3.60. The van der Waals surface area contributed by atoms with Crippen molar-refractivity contribution in [2.75, 3.05) is 18.6 Å². The van der Waals surface area contributed by atoms with E-state index in [0.717, 1.165) is 60.0 Å². The van der Waals surface area contributed by atoms with Crippen molar-refractivity contribution >= 4 is 50.9 Å². The SMILES string of the molecule is CCN(C(=O)Cn1c(C(=O)NC2CCC(C(=O)NC3CCC(C(=O)OC)CC3)CC2)cc2sccc21)c1cccc(C)c1. The molecule has 0 atom stereocenters. The number of amides is 3. The number of rotatable bonds is 9. The van der Waals surface area contributed by atoms with Crippen molar-refractivity contribution in [2.24, 2.45) is 11.8 Å². The summed E-state index contributed by atoms with van der Waals surface area (Å²) in [5.74, 6) is -0.478. The Morgan fingerprint density at radius 1 is 0.930 bits per heavy atom. The second kappa shape index (κ2) is 13.8. The lowest BCUT2D eigenvalue weighted by atomic mass is 9.83. The molecule has 2 aliphatic rings. The number of thiophene rings is 1. The molecule has 2 aliphatic carbocycles. The number of fused-ring (bicyclic) bond motifs is 1. The highest BCUT2D eigenvalue weighted by Crippen LogP contribution is 2.30. The van der Waals surface area contributed by atoms with E-state index in [1.807, 2.05) is 60.2 Å². The molecule has 0 spiro atoms. The molecule has 43 heavy (non-hydrogen) atoms. The molecular formula is C33H42N4O5S. The minimum atomic E-state index is -0.190. The monoisotopic (exact) mass is 606 g/mol. The summed E-state index contributed by atoms with van der Waals surface area (Å²) in [4.78, 5) is 53.6. The normalized spacial score (nSPS) is 22.1. The van der Waals surface area contributed by atoms with Gasteiger partial charge in [-0.3, -0.25) is 19.2 Å². The van der Waals surface area contributed by atoms with E-state index in [2.05, 4.69) is 10.6 Å². The first kappa shape index (κ1) is 30.8. The van der Waals surface area contributed by atoms with E-state index < -0.39 is 0 Å². The molecule has 230 valence electrons. The molecule has 9 nitrogen and oxygen atoms in total. The molecule has 0 aliphatic heterocycles. The molecule has 0 saturated heterocycles. The van der Waals surface area contributed by atoms with Gasteiger partial charge < -0.3 is 24.8 Å². The van der Waals surface area contributed by atoms with E-state index in [1.54, 1.807) is 16.2 Å². The standard InChI is InChI=1S/C33H42N4O5S/c1-4-36(26-7-5-6-21(2)18-26)30(38)20-37-27-16-17-43-29(27)19-28(37)32(40)35-25-12-8-22(9-13-25)31(39)34-24-14-10-23(11-15-24)33(41)42-3/h5-7,16-19,22-25H,4,8-15,20H2,1-3H3,(H,34,39)(H,35,40). The van der Waals surface area contributed by atoms with Gasteiger partial charge >= 0.3 is 5.97 Å². The zero-order chi connectivity index (χ0) is 30.5. The van der Waals surface area contributed by atoms with Crippen LogP contribution in [0.25, 0.3) is 10.2 Å². The summed E-state index contributed by atoms with van der Waals surface area (Å²) in [6.07, 6.45) is 5.94. The number of hydrogen-bond donors (Lipinski definition) is 2. The fraction of sp³-hybridized carbons (Fsp3) is 0.515. The van der Waals surface area contributed by atoms with Crippen LogP contribution in [0, 0.1) is 18.8 Å². The molecule has 5 rings (SSSR count). The van der Waals surface area contributed by atoms with Gasteiger partial charge in [0.1, 0.15) is 12.2 Å². The predicted octanol–water partition coefficient (Wildman–Crippen LogP) is 5.20. The number of nitrogens with one attached hydrogen (secondary N) is 2. The van der Waals surface area contributed by atoms with Gasteiger partial charge in [0.2, 0.25) is 11.8 Å². The lowest BCUT2D eigenvalue weighted by Crippen LogP contribution is -2.45. The highest BCUT2D eigenvalue weighted by molar-refractivity contribution is 7.17. The Balaban J connectivity index is 1.17. The first-order valence-corrected chi connectivity index (χ1v) is 16.3. The highest BCUT2D eigenvalue weighted by atomic mass is 32.1. The Kier molecular flexibility index (Phi) is 9.85. The van der Waals surface area contributed by atoms with E-state index in [0.29, 0.717) is 25.1 Å². The molecular weight excluding hydrogens is 564 g/mol. The number of anilines is 1. The fourth-order valence-corrected chi connectivity index (χ4v) is 7.40. The zero-order valence-corrected chi connectivity index (χ0v) is 26.1.